The molecular weight excluding hydrogens is 348 g/mol. The van der Waals surface area contributed by atoms with Crippen molar-refractivity contribution in [1.29, 1.82) is 0 Å². The standard InChI is InChI=1S/C18H18N6O3/c25-18(13-3-1-4-14-17(13)27-12-11-26-14)20-9-8-19-15-5-6-16(23-22-15)24-10-2-7-21-24/h1-7,10H,8-9,11-12H2,(H,19,22)(H,20,25). The second kappa shape index (κ2) is 7.73. The number of carbonyl (C=O) groups excluding carboxylic acids is 1. The van der Waals surface area contributed by atoms with Crippen LogP contribution in [0.4, 0.5) is 5.82 Å². The molecule has 0 saturated carbocycles. The van der Waals surface area contributed by atoms with Crippen molar-refractivity contribution in [2.24, 2.45) is 0 Å². The molecule has 1 amide bonds. The molecule has 27 heavy (non-hydrogen) atoms. The maximum absolute atomic E-state index is 12.4. The Morgan fingerprint density at radius 2 is 2.00 bits per heavy atom. The van der Waals surface area contributed by atoms with Gasteiger partial charge in [0, 0.05) is 25.5 Å². The molecule has 0 atom stereocenters. The zero-order valence-electron chi connectivity index (χ0n) is 14.5. The monoisotopic (exact) mass is 366 g/mol. The predicted octanol–water partition coefficient (Wildman–Crippen LogP) is 1.28. The summed E-state index contributed by atoms with van der Waals surface area (Å²) in [6.45, 7) is 1.86. The van der Waals surface area contributed by atoms with Crippen molar-refractivity contribution in [2.75, 3.05) is 31.6 Å². The first-order valence-corrected chi connectivity index (χ1v) is 8.56. The molecule has 1 aromatic carbocycles. The van der Waals surface area contributed by atoms with Gasteiger partial charge in [-0.05, 0) is 30.3 Å². The van der Waals surface area contributed by atoms with Crippen molar-refractivity contribution in [3.8, 4) is 17.3 Å². The molecule has 0 radical (unpaired) electrons. The molecule has 9 heteroatoms. The van der Waals surface area contributed by atoms with Crippen LogP contribution >= 0.6 is 0 Å². The zero-order valence-corrected chi connectivity index (χ0v) is 14.5. The van der Waals surface area contributed by atoms with Gasteiger partial charge in [0.1, 0.15) is 19.0 Å². The molecule has 1 aliphatic rings. The molecule has 9 nitrogen and oxygen atoms in total. The van der Waals surface area contributed by atoms with Gasteiger partial charge in [-0.15, -0.1) is 10.2 Å². The van der Waals surface area contributed by atoms with Crippen LogP contribution in [0.2, 0.25) is 0 Å². The third-order valence-electron chi connectivity index (χ3n) is 3.92. The van der Waals surface area contributed by atoms with Crippen molar-refractivity contribution in [2.45, 2.75) is 0 Å². The Labute approximate surface area is 155 Å². The molecule has 4 rings (SSSR count). The van der Waals surface area contributed by atoms with Crippen LogP contribution in [0.15, 0.2) is 48.8 Å². The van der Waals surface area contributed by atoms with Crippen molar-refractivity contribution in [1.82, 2.24) is 25.3 Å². The van der Waals surface area contributed by atoms with Gasteiger partial charge in [-0.3, -0.25) is 4.79 Å². The van der Waals surface area contributed by atoms with Gasteiger partial charge in [0.2, 0.25) is 0 Å². The number of nitrogens with one attached hydrogen (secondary N) is 2. The molecule has 3 heterocycles. The molecule has 3 aromatic rings. The fraction of sp³-hybridized carbons (Fsp3) is 0.222. The molecule has 2 N–H and O–H groups in total. The summed E-state index contributed by atoms with van der Waals surface area (Å²) in [4.78, 5) is 12.4. The summed E-state index contributed by atoms with van der Waals surface area (Å²) >= 11 is 0. The fourth-order valence-electron chi connectivity index (χ4n) is 2.66. The molecule has 1 aliphatic heterocycles. The predicted molar refractivity (Wildman–Crippen MR) is 97.4 cm³/mol. The highest BCUT2D eigenvalue weighted by Gasteiger charge is 2.19. The van der Waals surface area contributed by atoms with Crippen molar-refractivity contribution >= 4 is 11.7 Å². The van der Waals surface area contributed by atoms with Gasteiger partial charge in [-0.1, -0.05) is 6.07 Å². The largest absolute Gasteiger partial charge is 0.486 e. The molecule has 2 aromatic heterocycles. The van der Waals surface area contributed by atoms with Crippen molar-refractivity contribution < 1.29 is 14.3 Å². The molecule has 0 unspecified atom stereocenters. The summed E-state index contributed by atoms with van der Waals surface area (Å²) in [5.41, 5.74) is 0.468. The van der Waals surface area contributed by atoms with E-state index in [-0.39, 0.29) is 5.91 Å². The van der Waals surface area contributed by atoms with Crippen molar-refractivity contribution in [3.05, 3.63) is 54.4 Å². The van der Waals surface area contributed by atoms with E-state index in [1.165, 1.54) is 0 Å². The van der Waals surface area contributed by atoms with Gasteiger partial charge in [-0.25, -0.2) is 4.68 Å². The first kappa shape index (κ1) is 16.8. The molecule has 0 aliphatic carbocycles. The number of nitrogens with zero attached hydrogens (tertiary/aromatic N) is 4. The number of hydrogen-bond acceptors (Lipinski definition) is 7. The Bertz CT molecular complexity index is 911. The Morgan fingerprint density at radius 3 is 2.81 bits per heavy atom. The molecule has 0 bridgehead atoms. The van der Waals surface area contributed by atoms with Crippen molar-refractivity contribution in [3.63, 3.8) is 0 Å². The number of ether oxygens (including phenoxy) is 2. The van der Waals surface area contributed by atoms with Gasteiger partial charge >= 0.3 is 0 Å². The maximum atomic E-state index is 12.4. The summed E-state index contributed by atoms with van der Waals surface area (Å²) < 4.78 is 12.7. The Hall–Kier alpha value is -3.62. The van der Waals surface area contributed by atoms with Crippen LogP contribution in [-0.4, -0.2) is 52.2 Å². The Morgan fingerprint density at radius 1 is 1.07 bits per heavy atom. The first-order chi connectivity index (χ1) is 13.3. The summed E-state index contributed by atoms with van der Waals surface area (Å²) in [6.07, 6.45) is 3.47. The van der Waals surface area contributed by atoms with E-state index in [1.54, 1.807) is 35.3 Å². The SMILES string of the molecule is O=C(NCCNc1ccc(-n2cccn2)nn1)c1cccc2c1OCCO2. The Balaban J connectivity index is 1.28. The molecule has 138 valence electrons. The summed E-state index contributed by atoms with van der Waals surface area (Å²) in [5, 5.41) is 18.3. The lowest BCUT2D eigenvalue weighted by molar-refractivity contribution is 0.0944. The number of carbonyl (C=O) groups is 1. The van der Waals surface area contributed by atoms with Crippen LogP contribution in [0.3, 0.4) is 0 Å². The lowest BCUT2D eigenvalue weighted by atomic mass is 10.1. The minimum Gasteiger partial charge on any atom is -0.486 e. The second-order valence-electron chi connectivity index (χ2n) is 5.74. The molecular formula is C18H18N6O3. The van der Waals surface area contributed by atoms with E-state index in [9.17, 15) is 4.79 Å². The van der Waals surface area contributed by atoms with E-state index < -0.39 is 0 Å². The van der Waals surface area contributed by atoms with Gasteiger partial charge in [0.05, 0.1) is 5.56 Å². The summed E-state index contributed by atoms with van der Waals surface area (Å²) in [6, 6.07) is 10.7. The van der Waals surface area contributed by atoms with E-state index >= 15 is 0 Å². The molecule has 0 fully saturated rings. The highest BCUT2D eigenvalue weighted by molar-refractivity contribution is 5.97. The van der Waals surface area contributed by atoms with Crippen LogP contribution in [0.25, 0.3) is 5.82 Å². The minimum atomic E-state index is -0.209. The molecule has 0 saturated heterocycles. The van der Waals surface area contributed by atoms with E-state index in [1.807, 2.05) is 18.2 Å². The van der Waals surface area contributed by atoms with E-state index in [2.05, 4.69) is 25.9 Å². The quantitative estimate of drug-likeness (QED) is 0.633. The van der Waals surface area contributed by atoms with Gasteiger partial charge in [0.15, 0.2) is 17.3 Å². The van der Waals surface area contributed by atoms with Gasteiger partial charge < -0.3 is 20.1 Å². The number of para-hydroxylation sites is 1. The highest BCUT2D eigenvalue weighted by atomic mass is 16.6. The van der Waals surface area contributed by atoms with Crippen LogP contribution in [-0.2, 0) is 0 Å². The van der Waals surface area contributed by atoms with Gasteiger partial charge in [0.25, 0.3) is 5.91 Å². The first-order valence-electron chi connectivity index (χ1n) is 8.56. The maximum Gasteiger partial charge on any atom is 0.255 e. The number of aromatic nitrogens is 4. The number of hydrogen-bond donors (Lipinski definition) is 2. The normalized spacial score (nSPS) is 12.4. The Kier molecular flexibility index (Phi) is 4.82. The smallest absolute Gasteiger partial charge is 0.255 e. The third kappa shape index (κ3) is 3.81. The van der Waals surface area contributed by atoms with Gasteiger partial charge in [-0.2, -0.15) is 5.10 Å². The topological polar surface area (TPSA) is 103 Å². The average Bonchev–Trinajstić information content (AvgIpc) is 3.26. The van der Waals surface area contributed by atoms with Crippen LogP contribution in [0.1, 0.15) is 10.4 Å². The van der Waals surface area contributed by atoms with Crippen LogP contribution in [0, 0.1) is 0 Å². The number of benzene rings is 1. The van der Waals surface area contributed by atoms with E-state index in [0.29, 0.717) is 55.0 Å². The number of amides is 1. The summed E-state index contributed by atoms with van der Waals surface area (Å²) in [7, 11) is 0. The van der Waals surface area contributed by atoms with E-state index in [4.69, 9.17) is 9.47 Å². The lowest BCUT2D eigenvalue weighted by Gasteiger charge is -2.20. The van der Waals surface area contributed by atoms with Crippen LogP contribution < -0.4 is 20.1 Å². The highest BCUT2D eigenvalue weighted by Crippen LogP contribution is 2.33. The number of anilines is 1. The zero-order chi connectivity index (χ0) is 18.5. The number of fused-ring (bicyclic) bond motifs is 1. The number of rotatable bonds is 6. The van der Waals surface area contributed by atoms with E-state index in [0.717, 1.165) is 0 Å². The lowest BCUT2D eigenvalue weighted by Crippen LogP contribution is -2.30. The summed E-state index contributed by atoms with van der Waals surface area (Å²) in [5.74, 6) is 2.14. The van der Waals surface area contributed by atoms with Crippen LogP contribution in [0.5, 0.6) is 11.5 Å². The fourth-order valence-corrected chi connectivity index (χ4v) is 2.66. The second-order valence-corrected chi connectivity index (χ2v) is 5.74. The average molecular weight is 366 g/mol. The minimum absolute atomic E-state index is 0.209. The third-order valence-corrected chi connectivity index (χ3v) is 3.92. The molecule has 0 spiro atoms.